The molecule has 0 spiro atoms. The fraction of sp³-hybridized carbons (Fsp3) is 0.600. The van der Waals surface area contributed by atoms with Gasteiger partial charge >= 0.3 is 0 Å². The molecule has 0 aliphatic rings. The van der Waals surface area contributed by atoms with Crippen LogP contribution in [0.5, 0.6) is 0 Å². The van der Waals surface area contributed by atoms with Crippen molar-refractivity contribution in [2.24, 2.45) is 0 Å². The monoisotopic (exact) mass is 180 g/mol. The molecule has 0 aliphatic heterocycles. The van der Waals surface area contributed by atoms with Crippen LogP contribution in [0.1, 0.15) is 30.9 Å². The molecule has 0 saturated heterocycles. The van der Waals surface area contributed by atoms with Gasteiger partial charge in [-0.15, -0.1) is 0 Å². The average Bonchev–Trinajstić information content (AvgIpc) is 2.13. The van der Waals surface area contributed by atoms with Gasteiger partial charge in [-0.25, -0.2) is 4.98 Å². The Morgan fingerprint density at radius 1 is 1.31 bits per heavy atom. The standard InChI is InChI=1S/C10H16N2O/c1-5-9-11-8(4)7(3)10(13)12(9)6-2/h5-6H2,1-4H3. The summed E-state index contributed by atoms with van der Waals surface area (Å²) < 4.78 is 1.74. The third-order valence-electron chi connectivity index (χ3n) is 2.35. The summed E-state index contributed by atoms with van der Waals surface area (Å²) in [6.07, 6.45) is 0.810. The largest absolute Gasteiger partial charge is 0.297 e. The summed E-state index contributed by atoms with van der Waals surface area (Å²) in [5.41, 5.74) is 1.72. The fourth-order valence-corrected chi connectivity index (χ4v) is 1.41. The van der Waals surface area contributed by atoms with Gasteiger partial charge in [0.2, 0.25) is 0 Å². The Labute approximate surface area is 78.4 Å². The average molecular weight is 180 g/mol. The van der Waals surface area contributed by atoms with E-state index in [1.165, 1.54) is 0 Å². The summed E-state index contributed by atoms with van der Waals surface area (Å²) in [5, 5.41) is 0. The lowest BCUT2D eigenvalue weighted by molar-refractivity contribution is 0.641. The number of rotatable bonds is 2. The summed E-state index contributed by atoms with van der Waals surface area (Å²) in [4.78, 5) is 16.1. The first kappa shape index (κ1) is 9.96. The summed E-state index contributed by atoms with van der Waals surface area (Å²) in [6.45, 7) is 8.40. The van der Waals surface area contributed by atoms with Gasteiger partial charge in [0.15, 0.2) is 0 Å². The van der Waals surface area contributed by atoms with E-state index in [4.69, 9.17) is 0 Å². The smallest absolute Gasteiger partial charge is 0.256 e. The van der Waals surface area contributed by atoms with Crippen LogP contribution in [-0.4, -0.2) is 9.55 Å². The third kappa shape index (κ3) is 1.64. The van der Waals surface area contributed by atoms with Gasteiger partial charge in [0, 0.05) is 24.2 Å². The van der Waals surface area contributed by atoms with E-state index in [0.717, 1.165) is 23.5 Å². The first-order valence-corrected chi connectivity index (χ1v) is 4.68. The predicted octanol–water partition coefficient (Wildman–Crippen LogP) is 1.44. The van der Waals surface area contributed by atoms with Crippen molar-refractivity contribution in [3.63, 3.8) is 0 Å². The van der Waals surface area contributed by atoms with E-state index in [9.17, 15) is 4.79 Å². The van der Waals surface area contributed by atoms with Crippen LogP contribution >= 0.6 is 0 Å². The molecule has 0 fully saturated rings. The molecule has 0 bridgehead atoms. The molecule has 0 saturated carbocycles. The lowest BCUT2D eigenvalue weighted by Gasteiger charge is -2.10. The summed E-state index contributed by atoms with van der Waals surface area (Å²) in [5.74, 6) is 0.885. The minimum atomic E-state index is 0.104. The first-order chi connectivity index (χ1) is 6.11. The number of aryl methyl sites for hydroxylation is 2. The Kier molecular flexibility index (Phi) is 2.86. The predicted molar refractivity (Wildman–Crippen MR) is 53.0 cm³/mol. The zero-order valence-electron chi connectivity index (χ0n) is 8.72. The molecular weight excluding hydrogens is 164 g/mol. The van der Waals surface area contributed by atoms with Crippen molar-refractivity contribution in [3.8, 4) is 0 Å². The molecule has 0 unspecified atom stereocenters. The van der Waals surface area contributed by atoms with Gasteiger partial charge in [-0.05, 0) is 20.8 Å². The fourth-order valence-electron chi connectivity index (χ4n) is 1.41. The molecule has 0 N–H and O–H groups in total. The van der Waals surface area contributed by atoms with Crippen molar-refractivity contribution in [2.75, 3.05) is 0 Å². The number of hydrogen-bond acceptors (Lipinski definition) is 2. The molecule has 3 heteroatoms. The van der Waals surface area contributed by atoms with Gasteiger partial charge < -0.3 is 0 Å². The van der Waals surface area contributed by atoms with Crippen LogP contribution < -0.4 is 5.56 Å². The zero-order valence-corrected chi connectivity index (χ0v) is 8.72. The molecule has 0 atom stereocenters. The highest BCUT2D eigenvalue weighted by atomic mass is 16.1. The van der Waals surface area contributed by atoms with Crippen LogP contribution in [0.4, 0.5) is 0 Å². The lowest BCUT2D eigenvalue weighted by atomic mass is 10.2. The number of aromatic nitrogens is 2. The molecule has 0 aromatic carbocycles. The second-order valence-electron chi connectivity index (χ2n) is 3.14. The molecule has 1 heterocycles. The van der Waals surface area contributed by atoms with E-state index in [2.05, 4.69) is 4.98 Å². The summed E-state index contributed by atoms with van der Waals surface area (Å²) in [7, 11) is 0. The third-order valence-corrected chi connectivity index (χ3v) is 2.35. The topological polar surface area (TPSA) is 34.9 Å². The van der Waals surface area contributed by atoms with E-state index in [0.29, 0.717) is 6.54 Å². The van der Waals surface area contributed by atoms with Crippen molar-refractivity contribution in [1.29, 1.82) is 0 Å². The van der Waals surface area contributed by atoms with E-state index in [-0.39, 0.29) is 5.56 Å². The SMILES string of the molecule is CCc1nc(C)c(C)c(=O)n1CC. The van der Waals surface area contributed by atoms with Gasteiger partial charge in [0.05, 0.1) is 0 Å². The molecule has 0 radical (unpaired) electrons. The van der Waals surface area contributed by atoms with Crippen molar-refractivity contribution in [1.82, 2.24) is 9.55 Å². The van der Waals surface area contributed by atoms with Crippen molar-refractivity contribution in [2.45, 2.75) is 40.7 Å². The van der Waals surface area contributed by atoms with E-state index in [1.807, 2.05) is 27.7 Å². The van der Waals surface area contributed by atoms with Crippen molar-refractivity contribution < 1.29 is 0 Å². The first-order valence-electron chi connectivity index (χ1n) is 4.68. The van der Waals surface area contributed by atoms with E-state index < -0.39 is 0 Å². The molecular formula is C10H16N2O. The second-order valence-corrected chi connectivity index (χ2v) is 3.14. The van der Waals surface area contributed by atoms with Gasteiger partial charge in [0.1, 0.15) is 5.82 Å². The van der Waals surface area contributed by atoms with Crippen molar-refractivity contribution in [3.05, 3.63) is 27.4 Å². The van der Waals surface area contributed by atoms with Crippen LogP contribution in [0.15, 0.2) is 4.79 Å². The molecule has 1 aromatic heterocycles. The quantitative estimate of drug-likeness (QED) is 0.690. The van der Waals surface area contributed by atoms with Gasteiger partial charge in [0.25, 0.3) is 5.56 Å². The molecule has 3 nitrogen and oxygen atoms in total. The maximum Gasteiger partial charge on any atom is 0.256 e. The van der Waals surface area contributed by atoms with Crippen LogP contribution in [0.3, 0.4) is 0 Å². The van der Waals surface area contributed by atoms with Crippen molar-refractivity contribution >= 4 is 0 Å². The molecule has 1 rings (SSSR count). The van der Waals surface area contributed by atoms with Crippen LogP contribution in [0.25, 0.3) is 0 Å². The highest BCUT2D eigenvalue weighted by molar-refractivity contribution is 5.15. The van der Waals surface area contributed by atoms with E-state index >= 15 is 0 Å². The summed E-state index contributed by atoms with van der Waals surface area (Å²) >= 11 is 0. The van der Waals surface area contributed by atoms with Gasteiger partial charge in [-0.3, -0.25) is 9.36 Å². The minimum absolute atomic E-state index is 0.104. The highest BCUT2D eigenvalue weighted by Gasteiger charge is 2.07. The van der Waals surface area contributed by atoms with Crippen LogP contribution in [0, 0.1) is 13.8 Å². The molecule has 0 aliphatic carbocycles. The Morgan fingerprint density at radius 3 is 2.38 bits per heavy atom. The number of nitrogens with zero attached hydrogens (tertiary/aromatic N) is 2. The maximum absolute atomic E-state index is 11.7. The lowest BCUT2D eigenvalue weighted by Crippen LogP contribution is -2.27. The maximum atomic E-state index is 11.7. The van der Waals surface area contributed by atoms with Crippen LogP contribution in [0.2, 0.25) is 0 Å². The molecule has 72 valence electrons. The normalized spacial score (nSPS) is 10.5. The summed E-state index contributed by atoms with van der Waals surface area (Å²) in [6, 6.07) is 0. The molecule has 1 aromatic rings. The Hall–Kier alpha value is -1.12. The molecule has 0 amide bonds. The van der Waals surface area contributed by atoms with E-state index in [1.54, 1.807) is 4.57 Å². The zero-order chi connectivity index (χ0) is 10.0. The number of hydrogen-bond donors (Lipinski definition) is 0. The van der Waals surface area contributed by atoms with Gasteiger partial charge in [-0.2, -0.15) is 0 Å². The highest BCUT2D eigenvalue weighted by Crippen LogP contribution is 2.01. The second kappa shape index (κ2) is 3.73. The minimum Gasteiger partial charge on any atom is -0.297 e. The van der Waals surface area contributed by atoms with Crippen LogP contribution in [-0.2, 0) is 13.0 Å². The Morgan fingerprint density at radius 2 is 1.92 bits per heavy atom. The van der Waals surface area contributed by atoms with Gasteiger partial charge in [-0.1, -0.05) is 6.92 Å². The molecule has 13 heavy (non-hydrogen) atoms. The Bertz CT molecular complexity index is 366. The Balaban J connectivity index is 3.48.